The first-order valence-corrected chi connectivity index (χ1v) is 9.06. The van der Waals surface area contributed by atoms with Gasteiger partial charge in [-0.05, 0) is 29.8 Å². The fourth-order valence-corrected chi connectivity index (χ4v) is 3.79. The zero-order valence-corrected chi connectivity index (χ0v) is 14.5. The van der Waals surface area contributed by atoms with Gasteiger partial charge in [-0.15, -0.1) is 10.2 Å². The van der Waals surface area contributed by atoms with Gasteiger partial charge in [0.15, 0.2) is 5.16 Å². The van der Waals surface area contributed by atoms with Gasteiger partial charge in [0.2, 0.25) is 5.95 Å². The highest BCUT2D eigenvalue weighted by Crippen LogP contribution is 2.33. The number of fused-ring (bicyclic) bond motifs is 1. The summed E-state index contributed by atoms with van der Waals surface area (Å²) in [5, 5.41) is 9.30. The van der Waals surface area contributed by atoms with E-state index in [1.807, 2.05) is 34.9 Å². The maximum absolute atomic E-state index is 12.6. The van der Waals surface area contributed by atoms with Crippen molar-refractivity contribution in [2.45, 2.75) is 23.6 Å². The van der Waals surface area contributed by atoms with Crippen LogP contribution in [0.15, 0.2) is 59.8 Å². The lowest BCUT2D eigenvalue weighted by Crippen LogP contribution is -2.13. The molecule has 0 fully saturated rings. The Morgan fingerprint density at radius 2 is 1.65 bits per heavy atom. The third-order valence-electron chi connectivity index (χ3n) is 4.20. The molecule has 3 aromatic rings. The van der Waals surface area contributed by atoms with Crippen molar-refractivity contribution >= 4 is 23.4 Å². The molecule has 1 aliphatic heterocycles. The van der Waals surface area contributed by atoms with Crippen LogP contribution in [0.4, 0.5) is 24.8 Å². The lowest BCUT2D eigenvalue weighted by molar-refractivity contribution is -0.137. The number of anilines is 2. The van der Waals surface area contributed by atoms with E-state index in [1.54, 1.807) is 0 Å². The largest absolute Gasteiger partial charge is 0.416 e. The first kappa shape index (κ1) is 17.0. The van der Waals surface area contributed by atoms with E-state index in [1.165, 1.54) is 23.9 Å². The highest BCUT2D eigenvalue weighted by atomic mass is 32.2. The molecule has 0 bridgehead atoms. The zero-order valence-electron chi connectivity index (χ0n) is 13.6. The maximum Gasteiger partial charge on any atom is 0.416 e. The second-order valence-corrected chi connectivity index (χ2v) is 6.85. The normalized spacial score (nSPS) is 13.9. The summed E-state index contributed by atoms with van der Waals surface area (Å²) in [7, 11) is 0. The first-order chi connectivity index (χ1) is 12.5. The number of hydrogen-bond acceptors (Lipinski definition) is 4. The van der Waals surface area contributed by atoms with Crippen molar-refractivity contribution in [3.8, 4) is 0 Å². The Kier molecular flexibility index (Phi) is 4.36. The van der Waals surface area contributed by atoms with Gasteiger partial charge < -0.3 is 4.90 Å². The van der Waals surface area contributed by atoms with Crippen LogP contribution < -0.4 is 4.90 Å². The van der Waals surface area contributed by atoms with E-state index >= 15 is 0 Å². The molecule has 0 saturated carbocycles. The smallest absolute Gasteiger partial charge is 0.309 e. The highest BCUT2D eigenvalue weighted by molar-refractivity contribution is 7.98. The van der Waals surface area contributed by atoms with Crippen LogP contribution in [0.25, 0.3) is 0 Å². The molecule has 134 valence electrons. The monoisotopic (exact) mass is 376 g/mol. The molecule has 1 aliphatic rings. The van der Waals surface area contributed by atoms with Crippen molar-refractivity contribution in [3.63, 3.8) is 0 Å². The minimum atomic E-state index is -4.31. The summed E-state index contributed by atoms with van der Waals surface area (Å²) in [5.74, 6) is 1.34. The molecule has 2 heterocycles. The SMILES string of the molecule is FC(F)(F)c1ccc(CSc2nnc3n2CCN3c2ccccc2)cc1. The molecule has 0 N–H and O–H groups in total. The molecule has 0 amide bonds. The third-order valence-corrected chi connectivity index (χ3v) is 5.24. The summed E-state index contributed by atoms with van der Waals surface area (Å²) < 4.78 is 39.9. The molecule has 8 heteroatoms. The quantitative estimate of drug-likeness (QED) is 0.616. The molecule has 4 nitrogen and oxygen atoms in total. The van der Waals surface area contributed by atoms with Gasteiger partial charge in [0.05, 0.1) is 5.56 Å². The van der Waals surface area contributed by atoms with Gasteiger partial charge in [-0.2, -0.15) is 13.2 Å². The summed E-state index contributed by atoms with van der Waals surface area (Å²) in [6.07, 6.45) is -4.31. The lowest BCUT2D eigenvalue weighted by atomic mass is 10.1. The van der Waals surface area contributed by atoms with E-state index in [2.05, 4.69) is 15.1 Å². The molecular weight excluding hydrogens is 361 g/mol. The van der Waals surface area contributed by atoms with Crippen LogP contribution in [0.3, 0.4) is 0 Å². The Labute approximate surface area is 152 Å². The fraction of sp³-hybridized carbons (Fsp3) is 0.222. The van der Waals surface area contributed by atoms with Crippen LogP contribution in [-0.2, 0) is 18.5 Å². The number of nitrogens with zero attached hydrogens (tertiary/aromatic N) is 4. The second kappa shape index (κ2) is 6.68. The predicted molar refractivity (Wildman–Crippen MR) is 94.5 cm³/mol. The fourth-order valence-electron chi connectivity index (χ4n) is 2.87. The van der Waals surface area contributed by atoms with Crippen LogP contribution >= 0.6 is 11.8 Å². The molecule has 4 rings (SSSR count). The number of para-hydroxylation sites is 1. The van der Waals surface area contributed by atoms with Gasteiger partial charge in [-0.25, -0.2) is 0 Å². The number of halogens is 3. The number of alkyl halides is 3. The summed E-state index contributed by atoms with van der Waals surface area (Å²) in [4.78, 5) is 2.11. The Morgan fingerprint density at radius 1 is 0.923 bits per heavy atom. The minimum absolute atomic E-state index is 0.543. The van der Waals surface area contributed by atoms with E-state index in [0.29, 0.717) is 5.75 Å². The zero-order chi connectivity index (χ0) is 18.1. The second-order valence-electron chi connectivity index (χ2n) is 5.90. The van der Waals surface area contributed by atoms with E-state index in [4.69, 9.17) is 0 Å². The number of rotatable bonds is 4. The minimum Gasteiger partial charge on any atom is -0.309 e. The summed E-state index contributed by atoms with van der Waals surface area (Å²) in [5.41, 5.74) is 1.25. The van der Waals surface area contributed by atoms with Gasteiger partial charge in [-0.3, -0.25) is 4.57 Å². The van der Waals surface area contributed by atoms with Crippen molar-refractivity contribution < 1.29 is 13.2 Å². The highest BCUT2D eigenvalue weighted by Gasteiger charge is 2.30. The molecule has 26 heavy (non-hydrogen) atoms. The standard InChI is InChI=1S/C18H15F3N4S/c19-18(20,21)14-8-6-13(7-9-14)12-26-17-23-22-16-24(10-11-25(16)17)15-4-2-1-3-5-15/h1-9H,10-12H2. The number of aromatic nitrogens is 3. The molecule has 0 spiro atoms. The van der Waals surface area contributed by atoms with Crippen LogP contribution in [0.2, 0.25) is 0 Å². The Hall–Kier alpha value is -2.48. The van der Waals surface area contributed by atoms with Gasteiger partial charge in [0, 0.05) is 24.5 Å². The van der Waals surface area contributed by atoms with Gasteiger partial charge >= 0.3 is 6.18 Å². The first-order valence-electron chi connectivity index (χ1n) is 8.07. The lowest BCUT2D eigenvalue weighted by Gasteiger charge is -2.14. The number of hydrogen-bond donors (Lipinski definition) is 0. The van der Waals surface area contributed by atoms with Crippen LogP contribution in [-0.4, -0.2) is 21.3 Å². The predicted octanol–water partition coefficient (Wildman–Crippen LogP) is 4.74. The van der Waals surface area contributed by atoms with Crippen LogP contribution in [0.1, 0.15) is 11.1 Å². The Bertz CT molecular complexity index is 891. The van der Waals surface area contributed by atoms with E-state index in [9.17, 15) is 13.2 Å². The number of thioether (sulfide) groups is 1. The van der Waals surface area contributed by atoms with Crippen LogP contribution in [0.5, 0.6) is 0 Å². The maximum atomic E-state index is 12.6. The average Bonchev–Trinajstić information content (AvgIpc) is 3.22. The van der Waals surface area contributed by atoms with Crippen molar-refractivity contribution in [1.82, 2.24) is 14.8 Å². The Morgan fingerprint density at radius 3 is 2.35 bits per heavy atom. The molecule has 0 atom stereocenters. The van der Waals surface area contributed by atoms with Crippen molar-refractivity contribution in [1.29, 1.82) is 0 Å². The Balaban J connectivity index is 1.46. The topological polar surface area (TPSA) is 34.0 Å². The summed E-state index contributed by atoms with van der Waals surface area (Å²) >= 11 is 1.48. The van der Waals surface area contributed by atoms with E-state index in [0.717, 1.165) is 47.6 Å². The molecule has 0 saturated heterocycles. The van der Waals surface area contributed by atoms with E-state index in [-0.39, 0.29) is 0 Å². The molecule has 0 unspecified atom stereocenters. The summed E-state index contributed by atoms with van der Waals surface area (Å²) in [6, 6.07) is 15.2. The van der Waals surface area contributed by atoms with Crippen molar-refractivity contribution in [3.05, 3.63) is 65.7 Å². The van der Waals surface area contributed by atoms with Crippen molar-refractivity contribution in [2.24, 2.45) is 0 Å². The molecular formula is C18H15F3N4S. The van der Waals surface area contributed by atoms with Gasteiger partial charge in [0.1, 0.15) is 0 Å². The molecule has 0 radical (unpaired) electrons. The van der Waals surface area contributed by atoms with Gasteiger partial charge in [-0.1, -0.05) is 42.1 Å². The van der Waals surface area contributed by atoms with Crippen LogP contribution in [0, 0.1) is 0 Å². The molecule has 1 aromatic heterocycles. The third kappa shape index (κ3) is 3.29. The number of benzene rings is 2. The van der Waals surface area contributed by atoms with Gasteiger partial charge in [0.25, 0.3) is 0 Å². The molecule has 2 aromatic carbocycles. The van der Waals surface area contributed by atoms with Crippen molar-refractivity contribution in [2.75, 3.05) is 11.4 Å². The summed E-state index contributed by atoms with van der Waals surface area (Å²) in [6.45, 7) is 1.61. The molecule has 0 aliphatic carbocycles. The average molecular weight is 376 g/mol. The van der Waals surface area contributed by atoms with E-state index < -0.39 is 11.7 Å².